The number of fused-ring (bicyclic) bond motifs is 1. The fourth-order valence-electron chi connectivity index (χ4n) is 2.39. The van der Waals surface area contributed by atoms with Crippen molar-refractivity contribution in [3.8, 4) is 0 Å². The third kappa shape index (κ3) is 2.48. The van der Waals surface area contributed by atoms with Crippen molar-refractivity contribution in [2.45, 2.75) is 32.8 Å². The Morgan fingerprint density at radius 3 is 3.05 bits per heavy atom. The number of aromatic nitrogens is 1. The van der Waals surface area contributed by atoms with E-state index in [1.165, 1.54) is 16.9 Å². The lowest BCUT2D eigenvalue weighted by atomic mass is 10.1. The third-order valence-corrected chi connectivity index (χ3v) is 4.20. The SMILES string of the molecule is Cc1cc(C)c2nc(NC(=O)[C@H]3CCCO3)sc2c1. The van der Waals surface area contributed by atoms with Crippen molar-refractivity contribution in [3.05, 3.63) is 23.3 Å². The first kappa shape index (κ1) is 12.6. The van der Waals surface area contributed by atoms with Crippen LogP contribution < -0.4 is 5.32 Å². The van der Waals surface area contributed by atoms with Gasteiger partial charge in [0.05, 0.1) is 10.2 Å². The summed E-state index contributed by atoms with van der Waals surface area (Å²) in [5, 5.41) is 3.52. The van der Waals surface area contributed by atoms with Crippen LogP contribution in [-0.4, -0.2) is 23.6 Å². The van der Waals surface area contributed by atoms with Crippen molar-refractivity contribution < 1.29 is 9.53 Å². The highest BCUT2D eigenvalue weighted by molar-refractivity contribution is 7.22. The number of hydrogen-bond donors (Lipinski definition) is 1. The maximum absolute atomic E-state index is 12.0. The molecule has 100 valence electrons. The van der Waals surface area contributed by atoms with Gasteiger partial charge < -0.3 is 4.74 Å². The van der Waals surface area contributed by atoms with Crippen molar-refractivity contribution in [3.63, 3.8) is 0 Å². The van der Waals surface area contributed by atoms with Crippen molar-refractivity contribution in [2.75, 3.05) is 11.9 Å². The summed E-state index contributed by atoms with van der Waals surface area (Å²) >= 11 is 1.51. The zero-order chi connectivity index (χ0) is 13.4. The number of benzene rings is 1. The van der Waals surface area contributed by atoms with Gasteiger partial charge in [0.1, 0.15) is 6.10 Å². The van der Waals surface area contributed by atoms with E-state index in [4.69, 9.17) is 4.74 Å². The van der Waals surface area contributed by atoms with E-state index in [-0.39, 0.29) is 12.0 Å². The molecule has 2 aromatic rings. The Hall–Kier alpha value is -1.46. The molecule has 0 radical (unpaired) electrons. The summed E-state index contributed by atoms with van der Waals surface area (Å²) in [5.41, 5.74) is 3.33. The van der Waals surface area contributed by atoms with Crippen LogP contribution in [0.5, 0.6) is 0 Å². The number of nitrogens with zero attached hydrogens (tertiary/aromatic N) is 1. The average molecular weight is 276 g/mol. The minimum absolute atomic E-state index is 0.0778. The number of amides is 1. The van der Waals surface area contributed by atoms with Crippen LogP contribution in [0, 0.1) is 13.8 Å². The molecule has 0 bridgehead atoms. The molecule has 1 aromatic heterocycles. The molecule has 1 amide bonds. The number of aryl methyl sites for hydroxylation is 2. The van der Waals surface area contributed by atoms with Crippen molar-refractivity contribution in [2.24, 2.45) is 0 Å². The van der Waals surface area contributed by atoms with E-state index in [2.05, 4.69) is 29.4 Å². The van der Waals surface area contributed by atoms with Crippen LogP contribution in [0.25, 0.3) is 10.2 Å². The summed E-state index contributed by atoms with van der Waals surface area (Å²) in [6.07, 6.45) is 1.44. The number of hydrogen-bond acceptors (Lipinski definition) is 4. The van der Waals surface area contributed by atoms with Crippen LogP contribution in [0.4, 0.5) is 5.13 Å². The van der Waals surface area contributed by atoms with Gasteiger partial charge in [-0.25, -0.2) is 4.98 Å². The molecule has 1 N–H and O–H groups in total. The van der Waals surface area contributed by atoms with Gasteiger partial charge in [-0.2, -0.15) is 0 Å². The zero-order valence-electron chi connectivity index (χ0n) is 11.0. The highest BCUT2D eigenvalue weighted by Crippen LogP contribution is 2.29. The number of thiazole rings is 1. The second-order valence-electron chi connectivity index (χ2n) is 4.94. The predicted molar refractivity (Wildman–Crippen MR) is 76.7 cm³/mol. The highest BCUT2D eigenvalue weighted by atomic mass is 32.1. The van der Waals surface area contributed by atoms with E-state index < -0.39 is 0 Å². The molecule has 1 aliphatic rings. The summed E-state index contributed by atoms with van der Waals surface area (Å²) in [6.45, 7) is 4.79. The van der Waals surface area contributed by atoms with Crippen LogP contribution in [0.3, 0.4) is 0 Å². The molecule has 0 unspecified atom stereocenters. The largest absolute Gasteiger partial charge is 0.368 e. The third-order valence-electron chi connectivity index (χ3n) is 3.28. The molecule has 0 aliphatic carbocycles. The molecule has 19 heavy (non-hydrogen) atoms. The van der Waals surface area contributed by atoms with Crippen molar-refractivity contribution in [1.82, 2.24) is 4.98 Å². The minimum atomic E-state index is -0.310. The Bertz CT molecular complexity index is 630. The topological polar surface area (TPSA) is 51.2 Å². The van der Waals surface area contributed by atoms with E-state index in [1.807, 2.05) is 6.92 Å². The van der Waals surface area contributed by atoms with Gasteiger partial charge in [-0.15, -0.1) is 0 Å². The number of nitrogens with one attached hydrogen (secondary N) is 1. The standard InChI is InChI=1S/C14H16N2O2S/c1-8-6-9(2)12-11(7-8)19-14(15-12)16-13(17)10-4-3-5-18-10/h6-7,10H,3-5H2,1-2H3,(H,15,16,17)/t10-/m1/s1. The molecule has 3 rings (SSSR count). The van der Waals surface area contributed by atoms with Crippen molar-refractivity contribution in [1.29, 1.82) is 0 Å². The molecule has 1 aliphatic heterocycles. The summed E-state index contributed by atoms with van der Waals surface area (Å²) < 4.78 is 6.48. The fraction of sp³-hybridized carbons (Fsp3) is 0.429. The molecule has 2 heterocycles. The molecular formula is C14H16N2O2S. The number of carbonyl (C=O) groups excluding carboxylic acids is 1. The molecule has 0 spiro atoms. The lowest BCUT2D eigenvalue weighted by Gasteiger charge is -2.07. The van der Waals surface area contributed by atoms with Crippen LogP contribution in [-0.2, 0) is 9.53 Å². The average Bonchev–Trinajstić information content (AvgIpc) is 2.96. The maximum Gasteiger partial charge on any atom is 0.255 e. The predicted octanol–water partition coefficient (Wildman–Crippen LogP) is 3.03. The van der Waals surface area contributed by atoms with E-state index >= 15 is 0 Å². The Labute approximate surface area is 115 Å². The number of anilines is 1. The van der Waals surface area contributed by atoms with Gasteiger partial charge in [0.25, 0.3) is 5.91 Å². The van der Waals surface area contributed by atoms with Gasteiger partial charge in [0.15, 0.2) is 5.13 Å². The van der Waals surface area contributed by atoms with Crippen molar-refractivity contribution >= 4 is 32.6 Å². The summed E-state index contributed by atoms with van der Waals surface area (Å²) in [6, 6.07) is 4.20. The van der Waals surface area contributed by atoms with Gasteiger partial charge in [-0.3, -0.25) is 10.1 Å². The Kier molecular flexibility index (Phi) is 3.24. The van der Waals surface area contributed by atoms with Crippen LogP contribution in [0.1, 0.15) is 24.0 Å². The lowest BCUT2D eigenvalue weighted by Crippen LogP contribution is -2.26. The summed E-state index contributed by atoms with van der Waals surface area (Å²) in [5.74, 6) is -0.0778. The summed E-state index contributed by atoms with van der Waals surface area (Å²) in [4.78, 5) is 16.5. The molecule has 1 fully saturated rings. The molecular weight excluding hydrogens is 260 g/mol. The van der Waals surface area contributed by atoms with Crippen LogP contribution in [0.15, 0.2) is 12.1 Å². The normalized spacial score (nSPS) is 18.9. The molecule has 1 atom stereocenters. The fourth-order valence-corrected chi connectivity index (χ4v) is 3.44. The second-order valence-corrected chi connectivity index (χ2v) is 5.97. The van der Waals surface area contributed by atoms with Gasteiger partial charge in [-0.05, 0) is 43.9 Å². The molecule has 5 heteroatoms. The first-order valence-corrected chi connectivity index (χ1v) is 7.25. The quantitative estimate of drug-likeness (QED) is 0.917. The van der Waals surface area contributed by atoms with Gasteiger partial charge in [0, 0.05) is 6.61 Å². The van der Waals surface area contributed by atoms with E-state index in [0.717, 1.165) is 28.6 Å². The first-order chi connectivity index (χ1) is 9.13. The Balaban J connectivity index is 1.85. The van der Waals surface area contributed by atoms with Gasteiger partial charge >= 0.3 is 0 Å². The zero-order valence-corrected chi connectivity index (χ0v) is 11.8. The Morgan fingerprint density at radius 2 is 2.32 bits per heavy atom. The van der Waals surface area contributed by atoms with Crippen LogP contribution in [0.2, 0.25) is 0 Å². The highest BCUT2D eigenvalue weighted by Gasteiger charge is 2.24. The second kappa shape index (κ2) is 4.90. The van der Waals surface area contributed by atoms with Crippen LogP contribution >= 0.6 is 11.3 Å². The minimum Gasteiger partial charge on any atom is -0.368 e. The van der Waals surface area contributed by atoms with E-state index in [1.54, 1.807) is 0 Å². The lowest BCUT2D eigenvalue weighted by molar-refractivity contribution is -0.124. The smallest absolute Gasteiger partial charge is 0.255 e. The summed E-state index contributed by atoms with van der Waals surface area (Å²) in [7, 11) is 0. The monoisotopic (exact) mass is 276 g/mol. The maximum atomic E-state index is 12.0. The number of carbonyl (C=O) groups is 1. The molecule has 1 aromatic carbocycles. The number of ether oxygens (including phenoxy) is 1. The van der Waals surface area contributed by atoms with E-state index in [0.29, 0.717) is 11.7 Å². The first-order valence-electron chi connectivity index (χ1n) is 6.44. The molecule has 0 saturated carbocycles. The van der Waals surface area contributed by atoms with Gasteiger partial charge in [0.2, 0.25) is 0 Å². The van der Waals surface area contributed by atoms with Gasteiger partial charge in [-0.1, -0.05) is 17.4 Å². The molecule has 4 nitrogen and oxygen atoms in total. The molecule has 1 saturated heterocycles. The number of rotatable bonds is 2. The Morgan fingerprint density at radius 1 is 1.47 bits per heavy atom. The van der Waals surface area contributed by atoms with E-state index in [9.17, 15) is 4.79 Å².